The maximum Gasteiger partial charge on any atom is 0.309 e. The zero-order valence-corrected chi connectivity index (χ0v) is 11.4. The van der Waals surface area contributed by atoms with Crippen molar-refractivity contribution in [3.05, 3.63) is 0 Å². The van der Waals surface area contributed by atoms with Crippen LogP contribution in [0.15, 0.2) is 0 Å². The minimum Gasteiger partial charge on any atom is -0.460 e. The van der Waals surface area contributed by atoms with Crippen LogP contribution in [-0.4, -0.2) is 29.8 Å². The van der Waals surface area contributed by atoms with Gasteiger partial charge in [0.05, 0.1) is 12.8 Å². The molecule has 6 nitrogen and oxygen atoms in total. The summed E-state index contributed by atoms with van der Waals surface area (Å²) in [6.45, 7) is 7.86. The fourth-order valence-electron chi connectivity index (χ4n) is 1.10. The van der Waals surface area contributed by atoms with E-state index in [4.69, 9.17) is 9.47 Å². The molecule has 0 aromatic rings. The van der Waals surface area contributed by atoms with Crippen LogP contribution in [-0.2, 0) is 28.6 Å². The molecule has 0 radical (unpaired) electrons. The number of ether oxygens (including phenoxy) is 3. The van der Waals surface area contributed by atoms with Gasteiger partial charge in [-0.1, -0.05) is 0 Å². The van der Waals surface area contributed by atoms with Crippen LogP contribution in [0.4, 0.5) is 0 Å². The number of esters is 3. The van der Waals surface area contributed by atoms with Gasteiger partial charge in [0, 0.05) is 13.8 Å². The third-order valence-corrected chi connectivity index (χ3v) is 1.58. The van der Waals surface area contributed by atoms with Crippen LogP contribution in [0.2, 0.25) is 0 Å². The lowest BCUT2D eigenvalue weighted by atomic mass is 10.2. The molecule has 0 aliphatic rings. The normalized spacial score (nSPS) is 12.5. The van der Waals surface area contributed by atoms with E-state index in [0.29, 0.717) is 0 Å². The van der Waals surface area contributed by atoms with Gasteiger partial charge in [0.2, 0.25) is 6.29 Å². The van der Waals surface area contributed by atoms with Crippen molar-refractivity contribution in [1.82, 2.24) is 0 Å². The SMILES string of the molecule is CC(=O)OC(C)OC(=O)CCC(=O)OC(C)(C)C. The van der Waals surface area contributed by atoms with E-state index in [1.807, 2.05) is 0 Å². The Balaban J connectivity index is 3.90. The lowest BCUT2D eigenvalue weighted by Crippen LogP contribution is -2.25. The topological polar surface area (TPSA) is 78.9 Å². The zero-order valence-electron chi connectivity index (χ0n) is 11.4. The number of hydrogen-bond donors (Lipinski definition) is 0. The average molecular weight is 260 g/mol. The van der Waals surface area contributed by atoms with Gasteiger partial charge >= 0.3 is 17.9 Å². The van der Waals surface area contributed by atoms with Crippen LogP contribution in [0, 0.1) is 0 Å². The Morgan fingerprint density at radius 1 is 1.00 bits per heavy atom. The molecule has 104 valence electrons. The fraction of sp³-hybridized carbons (Fsp3) is 0.750. The molecule has 1 atom stereocenters. The first-order chi connectivity index (χ1) is 8.10. The van der Waals surface area contributed by atoms with Gasteiger partial charge in [-0.05, 0) is 20.8 Å². The molecule has 0 saturated carbocycles. The Morgan fingerprint density at radius 3 is 1.94 bits per heavy atom. The van der Waals surface area contributed by atoms with Gasteiger partial charge in [0.25, 0.3) is 0 Å². The van der Waals surface area contributed by atoms with Gasteiger partial charge in [0.15, 0.2) is 0 Å². The molecule has 0 bridgehead atoms. The van der Waals surface area contributed by atoms with Crippen molar-refractivity contribution in [3.63, 3.8) is 0 Å². The molecule has 0 N–H and O–H groups in total. The van der Waals surface area contributed by atoms with E-state index in [1.54, 1.807) is 20.8 Å². The second-order valence-corrected chi connectivity index (χ2v) is 4.75. The predicted octanol–water partition coefficient (Wildman–Crippen LogP) is 1.56. The van der Waals surface area contributed by atoms with E-state index < -0.39 is 29.8 Å². The standard InChI is InChI=1S/C12H20O6/c1-8(13)16-9(2)17-10(14)6-7-11(15)18-12(3,4)5/h9H,6-7H2,1-5H3. The van der Waals surface area contributed by atoms with Crippen LogP contribution < -0.4 is 0 Å². The summed E-state index contributed by atoms with van der Waals surface area (Å²) in [4.78, 5) is 33.2. The van der Waals surface area contributed by atoms with Gasteiger partial charge in [0.1, 0.15) is 5.60 Å². The first kappa shape index (κ1) is 16.4. The molecular formula is C12H20O6. The van der Waals surface area contributed by atoms with E-state index >= 15 is 0 Å². The Morgan fingerprint density at radius 2 is 1.50 bits per heavy atom. The Bertz CT molecular complexity index is 315. The van der Waals surface area contributed by atoms with Crippen molar-refractivity contribution in [1.29, 1.82) is 0 Å². The second kappa shape index (κ2) is 6.98. The van der Waals surface area contributed by atoms with Gasteiger partial charge in [-0.25, -0.2) is 0 Å². The van der Waals surface area contributed by atoms with Crippen LogP contribution in [0.1, 0.15) is 47.5 Å². The maximum atomic E-state index is 11.3. The maximum absolute atomic E-state index is 11.3. The molecule has 18 heavy (non-hydrogen) atoms. The molecule has 6 heteroatoms. The highest BCUT2D eigenvalue weighted by molar-refractivity contribution is 5.78. The minimum atomic E-state index is -0.950. The van der Waals surface area contributed by atoms with Crippen molar-refractivity contribution in [2.75, 3.05) is 0 Å². The van der Waals surface area contributed by atoms with Crippen LogP contribution >= 0.6 is 0 Å². The van der Waals surface area contributed by atoms with E-state index in [9.17, 15) is 14.4 Å². The molecule has 0 aliphatic heterocycles. The van der Waals surface area contributed by atoms with Crippen LogP contribution in [0.25, 0.3) is 0 Å². The summed E-state index contributed by atoms with van der Waals surface area (Å²) in [5.74, 6) is -1.63. The molecule has 0 fully saturated rings. The molecular weight excluding hydrogens is 240 g/mol. The van der Waals surface area contributed by atoms with E-state index in [-0.39, 0.29) is 12.8 Å². The van der Waals surface area contributed by atoms with E-state index in [0.717, 1.165) is 0 Å². The smallest absolute Gasteiger partial charge is 0.309 e. The van der Waals surface area contributed by atoms with E-state index in [2.05, 4.69) is 4.74 Å². The lowest BCUT2D eigenvalue weighted by Gasteiger charge is -2.19. The first-order valence-corrected chi connectivity index (χ1v) is 5.68. The predicted molar refractivity (Wildman–Crippen MR) is 62.4 cm³/mol. The summed E-state index contributed by atoms with van der Waals surface area (Å²) in [7, 11) is 0. The summed E-state index contributed by atoms with van der Waals surface area (Å²) >= 11 is 0. The van der Waals surface area contributed by atoms with Crippen molar-refractivity contribution in [2.24, 2.45) is 0 Å². The minimum absolute atomic E-state index is 0.0666. The largest absolute Gasteiger partial charge is 0.460 e. The fourth-order valence-corrected chi connectivity index (χ4v) is 1.10. The lowest BCUT2D eigenvalue weighted by molar-refractivity contribution is -0.184. The van der Waals surface area contributed by atoms with Gasteiger partial charge in [-0.15, -0.1) is 0 Å². The summed E-state index contributed by atoms with van der Waals surface area (Å²) in [5.41, 5.74) is -0.577. The highest BCUT2D eigenvalue weighted by atomic mass is 16.7. The summed E-state index contributed by atoms with van der Waals surface area (Å²) in [6, 6.07) is 0. The molecule has 0 saturated heterocycles. The Kier molecular flexibility index (Phi) is 6.36. The van der Waals surface area contributed by atoms with Crippen molar-refractivity contribution in [3.8, 4) is 0 Å². The van der Waals surface area contributed by atoms with Crippen molar-refractivity contribution >= 4 is 17.9 Å². The zero-order chi connectivity index (χ0) is 14.3. The summed E-state index contributed by atoms with van der Waals surface area (Å²) in [6.07, 6.45) is -1.13. The quantitative estimate of drug-likeness (QED) is 0.551. The molecule has 0 aliphatic carbocycles. The van der Waals surface area contributed by atoms with Gasteiger partial charge in [-0.2, -0.15) is 0 Å². The second-order valence-electron chi connectivity index (χ2n) is 4.75. The summed E-state index contributed by atoms with van der Waals surface area (Å²) in [5, 5.41) is 0. The highest BCUT2D eigenvalue weighted by Crippen LogP contribution is 2.09. The van der Waals surface area contributed by atoms with Gasteiger partial charge in [-0.3, -0.25) is 14.4 Å². The van der Waals surface area contributed by atoms with Crippen molar-refractivity contribution < 1.29 is 28.6 Å². The Hall–Kier alpha value is -1.59. The third-order valence-electron chi connectivity index (χ3n) is 1.58. The summed E-state index contributed by atoms with van der Waals surface area (Å²) < 4.78 is 14.4. The highest BCUT2D eigenvalue weighted by Gasteiger charge is 2.18. The molecule has 0 aromatic carbocycles. The number of rotatable bonds is 5. The van der Waals surface area contributed by atoms with Crippen LogP contribution in [0.3, 0.4) is 0 Å². The molecule has 1 unspecified atom stereocenters. The molecule has 0 amide bonds. The van der Waals surface area contributed by atoms with Crippen LogP contribution in [0.5, 0.6) is 0 Å². The molecule has 0 aromatic heterocycles. The van der Waals surface area contributed by atoms with Crippen molar-refractivity contribution in [2.45, 2.75) is 59.4 Å². The van der Waals surface area contributed by atoms with Gasteiger partial charge < -0.3 is 14.2 Å². The number of carbonyl (C=O) groups is 3. The average Bonchev–Trinajstić information content (AvgIpc) is 2.10. The third kappa shape index (κ3) is 9.62. The molecule has 0 spiro atoms. The number of carbonyl (C=O) groups excluding carboxylic acids is 3. The monoisotopic (exact) mass is 260 g/mol. The molecule has 0 rings (SSSR count). The number of hydrogen-bond acceptors (Lipinski definition) is 6. The Labute approximate surface area is 107 Å². The first-order valence-electron chi connectivity index (χ1n) is 5.68. The van der Waals surface area contributed by atoms with E-state index in [1.165, 1.54) is 13.8 Å². The molecule has 0 heterocycles.